The SMILES string of the molecule is CC(Oc1ccccc1C(C)C)C(=O)NCc1ccccc1NC(=O)C(F)(F)F. The average molecular weight is 408 g/mol. The number of rotatable bonds is 7. The molecule has 0 aliphatic heterocycles. The Bertz CT molecular complexity index is 866. The van der Waals surface area contributed by atoms with Gasteiger partial charge in [-0.1, -0.05) is 50.2 Å². The number of hydrogen-bond donors (Lipinski definition) is 2. The predicted molar refractivity (Wildman–Crippen MR) is 104 cm³/mol. The topological polar surface area (TPSA) is 67.4 Å². The summed E-state index contributed by atoms with van der Waals surface area (Å²) in [5.74, 6) is -1.69. The molecule has 0 spiro atoms. The summed E-state index contributed by atoms with van der Waals surface area (Å²) < 4.78 is 43.2. The standard InChI is InChI=1S/C21H23F3N2O3/c1-13(2)16-9-5-7-11-18(16)29-14(3)19(27)25-12-15-8-4-6-10-17(15)26-20(28)21(22,23)24/h4-11,13-14H,12H2,1-3H3,(H,25,27)(H,26,28). The monoisotopic (exact) mass is 408 g/mol. The van der Waals surface area contributed by atoms with Crippen LogP contribution in [0.25, 0.3) is 0 Å². The van der Waals surface area contributed by atoms with Crippen molar-refractivity contribution in [2.75, 3.05) is 5.32 Å². The molecule has 2 N–H and O–H groups in total. The van der Waals surface area contributed by atoms with Crippen molar-refractivity contribution < 1.29 is 27.5 Å². The van der Waals surface area contributed by atoms with Gasteiger partial charge in [-0.2, -0.15) is 13.2 Å². The molecule has 0 heterocycles. The summed E-state index contributed by atoms with van der Waals surface area (Å²) >= 11 is 0. The lowest BCUT2D eigenvalue weighted by Gasteiger charge is -2.19. The van der Waals surface area contributed by atoms with E-state index in [1.54, 1.807) is 19.1 Å². The minimum absolute atomic E-state index is 0.0196. The van der Waals surface area contributed by atoms with E-state index in [4.69, 9.17) is 4.74 Å². The summed E-state index contributed by atoms with van der Waals surface area (Å²) in [5.41, 5.74) is 1.29. The van der Waals surface area contributed by atoms with Crippen LogP contribution >= 0.6 is 0 Å². The largest absolute Gasteiger partial charge is 0.481 e. The van der Waals surface area contributed by atoms with E-state index in [1.807, 2.05) is 37.4 Å². The minimum atomic E-state index is -5.00. The van der Waals surface area contributed by atoms with E-state index in [1.165, 1.54) is 18.2 Å². The van der Waals surface area contributed by atoms with Crippen LogP contribution in [-0.4, -0.2) is 24.1 Å². The molecule has 0 saturated carbocycles. The number of ether oxygens (including phenoxy) is 1. The van der Waals surface area contributed by atoms with Gasteiger partial charge in [0.2, 0.25) is 0 Å². The number of para-hydroxylation sites is 2. The fourth-order valence-corrected chi connectivity index (χ4v) is 2.62. The number of benzene rings is 2. The highest BCUT2D eigenvalue weighted by molar-refractivity contribution is 5.95. The second-order valence-corrected chi connectivity index (χ2v) is 6.78. The fourth-order valence-electron chi connectivity index (χ4n) is 2.62. The van der Waals surface area contributed by atoms with Crippen molar-refractivity contribution in [3.05, 3.63) is 59.7 Å². The Kier molecular flexibility index (Phi) is 7.25. The van der Waals surface area contributed by atoms with Gasteiger partial charge in [-0.15, -0.1) is 0 Å². The highest BCUT2D eigenvalue weighted by Crippen LogP contribution is 2.27. The van der Waals surface area contributed by atoms with Gasteiger partial charge in [0.1, 0.15) is 5.75 Å². The zero-order valence-corrected chi connectivity index (χ0v) is 16.3. The van der Waals surface area contributed by atoms with Crippen LogP contribution in [0.5, 0.6) is 5.75 Å². The normalized spacial score (nSPS) is 12.4. The molecule has 2 rings (SSSR count). The van der Waals surface area contributed by atoms with Crippen LogP contribution in [0, 0.1) is 0 Å². The van der Waals surface area contributed by atoms with Gasteiger partial charge >= 0.3 is 12.1 Å². The van der Waals surface area contributed by atoms with Crippen molar-refractivity contribution in [1.29, 1.82) is 0 Å². The van der Waals surface area contributed by atoms with Crippen LogP contribution in [-0.2, 0) is 16.1 Å². The summed E-state index contributed by atoms with van der Waals surface area (Å²) in [4.78, 5) is 23.6. The van der Waals surface area contributed by atoms with Crippen molar-refractivity contribution in [2.45, 2.75) is 45.5 Å². The van der Waals surface area contributed by atoms with Gasteiger partial charge in [-0.25, -0.2) is 0 Å². The van der Waals surface area contributed by atoms with Gasteiger partial charge < -0.3 is 15.4 Å². The number of anilines is 1. The Morgan fingerprint density at radius 3 is 2.28 bits per heavy atom. The molecule has 8 heteroatoms. The second-order valence-electron chi connectivity index (χ2n) is 6.78. The molecule has 0 radical (unpaired) electrons. The van der Waals surface area contributed by atoms with Gasteiger partial charge in [0.25, 0.3) is 5.91 Å². The summed E-state index contributed by atoms with van der Waals surface area (Å²) in [6.45, 7) is 5.55. The molecule has 0 bridgehead atoms. The maximum absolute atomic E-state index is 12.5. The lowest BCUT2D eigenvalue weighted by atomic mass is 10.0. The molecule has 1 atom stereocenters. The lowest BCUT2D eigenvalue weighted by molar-refractivity contribution is -0.167. The summed E-state index contributed by atoms with van der Waals surface area (Å²) in [6, 6.07) is 13.3. The molecule has 2 aromatic carbocycles. The Hall–Kier alpha value is -3.03. The highest BCUT2D eigenvalue weighted by Gasteiger charge is 2.38. The predicted octanol–water partition coefficient (Wildman–Crippen LogP) is 4.39. The number of amides is 2. The molecular weight excluding hydrogens is 385 g/mol. The Morgan fingerprint density at radius 1 is 1.00 bits per heavy atom. The number of hydrogen-bond acceptors (Lipinski definition) is 3. The minimum Gasteiger partial charge on any atom is -0.481 e. The van der Waals surface area contributed by atoms with E-state index >= 15 is 0 Å². The van der Waals surface area contributed by atoms with Crippen molar-refractivity contribution in [3.8, 4) is 5.75 Å². The van der Waals surface area contributed by atoms with Gasteiger partial charge in [-0.3, -0.25) is 9.59 Å². The van der Waals surface area contributed by atoms with Gasteiger partial charge in [0, 0.05) is 12.2 Å². The Labute approximate surface area is 167 Å². The lowest BCUT2D eigenvalue weighted by Crippen LogP contribution is -2.36. The van der Waals surface area contributed by atoms with Crippen molar-refractivity contribution in [2.24, 2.45) is 0 Å². The first-order valence-corrected chi connectivity index (χ1v) is 9.09. The molecule has 0 aliphatic rings. The number of alkyl halides is 3. The zero-order valence-electron chi connectivity index (χ0n) is 16.3. The first-order valence-electron chi connectivity index (χ1n) is 9.09. The third-order valence-electron chi connectivity index (χ3n) is 4.19. The molecule has 5 nitrogen and oxygen atoms in total. The molecule has 0 fully saturated rings. The van der Waals surface area contributed by atoms with E-state index in [0.29, 0.717) is 11.3 Å². The average Bonchev–Trinajstić information content (AvgIpc) is 2.66. The van der Waals surface area contributed by atoms with Gasteiger partial charge in [0.05, 0.1) is 0 Å². The molecule has 1 unspecified atom stereocenters. The van der Waals surface area contributed by atoms with E-state index in [-0.39, 0.29) is 18.2 Å². The first kappa shape index (κ1) is 22.3. The van der Waals surface area contributed by atoms with Crippen LogP contribution in [0.3, 0.4) is 0 Å². The van der Waals surface area contributed by atoms with Crippen LogP contribution in [0.2, 0.25) is 0 Å². The molecule has 0 saturated heterocycles. The third kappa shape index (κ3) is 6.23. The van der Waals surface area contributed by atoms with Gasteiger partial charge in [0.15, 0.2) is 6.10 Å². The van der Waals surface area contributed by atoms with E-state index in [0.717, 1.165) is 5.56 Å². The second kappa shape index (κ2) is 9.45. The van der Waals surface area contributed by atoms with Crippen LogP contribution in [0.15, 0.2) is 48.5 Å². The Morgan fingerprint density at radius 2 is 1.62 bits per heavy atom. The molecule has 29 heavy (non-hydrogen) atoms. The quantitative estimate of drug-likeness (QED) is 0.714. The maximum atomic E-state index is 12.5. The van der Waals surface area contributed by atoms with E-state index < -0.39 is 24.1 Å². The summed E-state index contributed by atoms with van der Waals surface area (Å²) in [6.07, 6.45) is -5.81. The van der Waals surface area contributed by atoms with Crippen LogP contribution in [0.4, 0.5) is 18.9 Å². The summed E-state index contributed by atoms with van der Waals surface area (Å²) in [5, 5.41) is 4.44. The maximum Gasteiger partial charge on any atom is 0.471 e. The smallest absolute Gasteiger partial charge is 0.471 e. The van der Waals surface area contributed by atoms with Crippen molar-refractivity contribution >= 4 is 17.5 Å². The molecule has 0 aromatic heterocycles. The molecular formula is C21H23F3N2O3. The van der Waals surface area contributed by atoms with Crippen LogP contribution < -0.4 is 15.4 Å². The van der Waals surface area contributed by atoms with E-state index in [2.05, 4.69) is 5.32 Å². The number of halogens is 3. The van der Waals surface area contributed by atoms with E-state index in [9.17, 15) is 22.8 Å². The van der Waals surface area contributed by atoms with Crippen molar-refractivity contribution in [1.82, 2.24) is 5.32 Å². The Balaban J connectivity index is 2.02. The molecule has 156 valence electrons. The molecule has 0 aliphatic carbocycles. The first-order chi connectivity index (χ1) is 13.6. The number of carbonyl (C=O) groups excluding carboxylic acids is 2. The summed E-state index contributed by atoms with van der Waals surface area (Å²) in [7, 11) is 0. The fraction of sp³-hybridized carbons (Fsp3) is 0.333. The number of nitrogens with one attached hydrogen (secondary N) is 2. The zero-order chi connectivity index (χ0) is 21.6. The van der Waals surface area contributed by atoms with Gasteiger partial charge in [-0.05, 0) is 36.1 Å². The third-order valence-corrected chi connectivity index (χ3v) is 4.19. The number of carbonyl (C=O) groups is 2. The highest BCUT2D eigenvalue weighted by atomic mass is 19.4. The van der Waals surface area contributed by atoms with Crippen LogP contribution in [0.1, 0.15) is 37.8 Å². The molecule has 2 aromatic rings. The molecule has 2 amide bonds. The van der Waals surface area contributed by atoms with Crippen molar-refractivity contribution in [3.63, 3.8) is 0 Å².